The summed E-state index contributed by atoms with van der Waals surface area (Å²) in [7, 11) is 0. The van der Waals surface area contributed by atoms with Gasteiger partial charge >= 0.3 is 0 Å². The van der Waals surface area contributed by atoms with Crippen LogP contribution >= 0.6 is 23.2 Å². The van der Waals surface area contributed by atoms with E-state index in [1.54, 1.807) is 18.2 Å². The predicted octanol–water partition coefficient (Wildman–Crippen LogP) is 4.01. The number of benzene rings is 2. The van der Waals surface area contributed by atoms with Crippen LogP contribution in [0.4, 0.5) is 5.69 Å². The van der Waals surface area contributed by atoms with Crippen LogP contribution in [-0.4, -0.2) is 11.0 Å². The first-order valence-electron chi connectivity index (χ1n) is 6.38. The fourth-order valence-electron chi connectivity index (χ4n) is 2.20. The summed E-state index contributed by atoms with van der Waals surface area (Å²) in [5, 5.41) is 12.0. The molecule has 0 saturated heterocycles. The van der Waals surface area contributed by atoms with Crippen molar-refractivity contribution in [3.8, 4) is 0 Å². The molecule has 2 rings (SSSR count). The van der Waals surface area contributed by atoms with E-state index in [-0.39, 0.29) is 11.7 Å². The van der Waals surface area contributed by atoms with Gasteiger partial charge in [0.1, 0.15) is 0 Å². The van der Waals surface area contributed by atoms with Crippen LogP contribution in [0.25, 0.3) is 0 Å². The summed E-state index contributed by atoms with van der Waals surface area (Å²) in [6, 6.07) is 11.8. The van der Waals surface area contributed by atoms with E-state index < -0.39 is 4.92 Å². The number of hydrogen-bond donors (Lipinski definition) is 1. The summed E-state index contributed by atoms with van der Waals surface area (Å²) in [6.07, 6.45) is 1.00. The molecular formula is C15H14Cl2N2O2. The maximum absolute atomic E-state index is 11.0. The lowest BCUT2D eigenvalue weighted by Gasteiger charge is -2.12. The molecule has 0 aliphatic carbocycles. The Morgan fingerprint density at radius 3 is 2.48 bits per heavy atom. The zero-order valence-electron chi connectivity index (χ0n) is 11.1. The van der Waals surface area contributed by atoms with E-state index in [4.69, 9.17) is 28.9 Å². The Labute approximate surface area is 132 Å². The Kier molecular flexibility index (Phi) is 5.17. The van der Waals surface area contributed by atoms with Gasteiger partial charge in [-0.25, -0.2) is 0 Å². The highest BCUT2D eigenvalue weighted by molar-refractivity contribution is 6.31. The molecule has 110 valence electrons. The van der Waals surface area contributed by atoms with Gasteiger partial charge < -0.3 is 5.73 Å². The van der Waals surface area contributed by atoms with E-state index in [0.717, 1.165) is 5.56 Å². The first-order chi connectivity index (χ1) is 9.95. The third-order valence-corrected chi connectivity index (χ3v) is 3.58. The van der Waals surface area contributed by atoms with Crippen molar-refractivity contribution in [3.63, 3.8) is 0 Å². The number of nitrogens with two attached hydrogens (primary N) is 1. The first kappa shape index (κ1) is 15.8. The van der Waals surface area contributed by atoms with Gasteiger partial charge in [0, 0.05) is 27.7 Å². The second-order valence-electron chi connectivity index (χ2n) is 4.83. The fraction of sp³-hybridized carbons (Fsp3) is 0.200. The van der Waals surface area contributed by atoms with Gasteiger partial charge in [0.2, 0.25) is 0 Å². The highest BCUT2D eigenvalue weighted by Crippen LogP contribution is 2.24. The average molecular weight is 325 g/mol. The van der Waals surface area contributed by atoms with Crippen LogP contribution in [0.5, 0.6) is 0 Å². The van der Waals surface area contributed by atoms with E-state index in [2.05, 4.69) is 0 Å². The minimum atomic E-state index is -0.437. The topological polar surface area (TPSA) is 69.2 Å². The summed E-state index contributed by atoms with van der Waals surface area (Å²) < 4.78 is 0. The lowest BCUT2D eigenvalue weighted by molar-refractivity contribution is -0.385. The molecular weight excluding hydrogens is 311 g/mol. The van der Waals surface area contributed by atoms with Gasteiger partial charge in [0.05, 0.1) is 4.92 Å². The Balaban J connectivity index is 2.12. The van der Waals surface area contributed by atoms with Crippen LogP contribution in [-0.2, 0) is 12.8 Å². The van der Waals surface area contributed by atoms with E-state index in [1.165, 1.54) is 6.07 Å². The lowest BCUT2D eigenvalue weighted by atomic mass is 9.99. The minimum absolute atomic E-state index is 0.00374. The van der Waals surface area contributed by atoms with Crippen molar-refractivity contribution in [2.75, 3.05) is 0 Å². The van der Waals surface area contributed by atoms with E-state index in [9.17, 15) is 10.1 Å². The third-order valence-electron chi connectivity index (χ3n) is 3.11. The molecule has 4 nitrogen and oxygen atoms in total. The van der Waals surface area contributed by atoms with Gasteiger partial charge in [0.15, 0.2) is 0 Å². The van der Waals surface area contributed by atoms with Gasteiger partial charge in [0.25, 0.3) is 5.69 Å². The number of nitro benzene ring substituents is 1. The van der Waals surface area contributed by atoms with Crippen LogP contribution in [0, 0.1) is 10.1 Å². The Bertz CT molecular complexity index is 662. The molecule has 0 saturated carbocycles. The van der Waals surface area contributed by atoms with Crippen molar-refractivity contribution < 1.29 is 4.92 Å². The summed E-state index contributed by atoms with van der Waals surface area (Å²) in [5.74, 6) is 0. The molecule has 1 atom stereocenters. The largest absolute Gasteiger partial charge is 0.327 e. The number of hydrogen-bond acceptors (Lipinski definition) is 3. The van der Waals surface area contributed by atoms with Crippen molar-refractivity contribution in [2.45, 2.75) is 18.9 Å². The zero-order valence-corrected chi connectivity index (χ0v) is 12.6. The minimum Gasteiger partial charge on any atom is -0.327 e. The molecule has 0 aromatic heterocycles. The summed E-state index contributed by atoms with van der Waals surface area (Å²) >= 11 is 11.7. The molecule has 0 fully saturated rings. The van der Waals surface area contributed by atoms with Crippen molar-refractivity contribution in [1.82, 2.24) is 0 Å². The third kappa shape index (κ3) is 4.43. The number of nitro groups is 1. The SMILES string of the molecule is NC(Cc1cccc(Cl)c1)Cc1ccc(Cl)cc1[N+](=O)[O-]. The summed E-state index contributed by atoms with van der Waals surface area (Å²) in [6.45, 7) is 0. The van der Waals surface area contributed by atoms with Gasteiger partial charge in [-0.1, -0.05) is 41.4 Å². The Morgan fingerprint density at radius 2 is 1.81 bits per heavy atom. The molecule has 0 aliphatic rings. The van der Waals surface area contributed by atoms with Crippen LogP contribution in [0.3, 0.4) is 0 Å². The molecule has 0 spiro atoms. The predicted molar refractivity (Wildman–Crippen MR) is 84.9 cm³/mol. The van der Waals surface area contributed by atoms with Crippen molar-refractivity contribution in [2.24, 2.45) is 5.73 Å². The smallest absolute Gasteiger partial charge is 0.274 e. The number of nitrogens with zero attached hydrogens (tertiary/aromatic N) is 1. The van der Waals surface area contributed by atoms with Crippen LogP contribution < -0.4 is 5.73 Å². The molecule has 1 unspecified atom stereocenters. The van der Waals surface area contributed by atoms with Crippen molar-refractivity contribution in [3.05, 3.63) is 73.8 Å². The van der Waals surface area contributed by atoms with Gasteiger partial charge in [-0.2, -0.15) is 0 Å². The molecule has 6 heteroatoms. The molecule has 0 bridgehead atoms. The van der Waals surface area contributed by atoms with Crippen LogP contribution in [0.1, 0.15) is 11.1 Å². The lowest BCUT2D eigenvalue weighted by Crippen LogP contribution is -2.25. The highest BCUT2D eigenvalue weighted by atomic mass is 35.5. The fourth-order valence-corrected chi connectivity index (χ4v) is 2.58. The van der Waals surface area contributed by atoms with Crippen LogP contribution in [0.15, 0.2) is 42.5 Å². The standard InChI is InChI=1S/C15H14Cl2N2O2/c16-12-3-1-2-10(6-12)7-14(18)8-11-4-5-13(17)9-15(11)19(20)21/h1-6,9,14H,7-8,18H2. The van der Waals surface area contributed by atoms with Gasteiger partial charge in [-0.15, -0.1) is 0 Å². The van der Waals surface area contributed by atoms with Gasteiger partial charge in [-0.05, 0) is 36.6 Å². The molecule has 0 radical (unpaired) electrons. The Hall–Kier alpha value is -1.62. The maximum atomic E-state index is 11.0. The van der Waals surface area contributed by atoms with Crippen LogP contribution in [0.2, 0.25) is 10.0 Å². The van der Waals surface area contributed by atoms with Gasteiger partial charge in [-0.3, -0.25) is 10.1 Å². The molecule has 21 heavy (non-hydrogen) atoms. The summed E-state index contributed by atoms with van der Waals surface area (Å²) in [5.41, 5.74) is 7.69. The molecule has 0 amide bonds. The first-order valence-corrected chi connectivity index (χ1v) is 7.14. The molecule has 0 heterocycles. The number of halogens is 2. The normalized spacial score (nSPS) is 12.1. The average Bonchev–Trinajstić information content (AvgIpc) is 2.40. The number of rotatable bonds is 5. The van der Waals surface area contributed by atoms with Crippen molar-refractivity contribution >= 4 is 28.9 Å². The van der Waals surface area contributed by atoms with Crippen molar-refractivity contribution in [1.29, 1.82) is 0 Å². The monoisotopic (exact) mass is 324 g/mol. The summed E-state index contributed by atoms with van der Waals surface area (Å²) in [4.78, 5) is 10.6. The second-order valence-corrected chi connectivity index (χ2v) is 5.70. The van der Waals surface area contributed by atoms with E-state index in [0.29, 0.717) is 28.5 Å². The zero-order chi connectivity index (χ0) is 15.4. The highest BCUT2D eigenvalue weighted by Gasteiger charge is 2.17. The van der Waals surface area contributed by atoms with E-state index in [1.807, 2.05) is 18.2 Å². The molecule has 2 aromatic carbocycles. The molecule has 2 aromatic rings. The second kappa shape index (κ2) is 6.89. The maximum Gasteiger partial charge on any atom is 0.274 e. The quantitative estimate of drug-likeness (QED) is 0.667. The molecule has 0 aliphatic heterocycles. The van der Waals surface area contributed by atoms with E-state index >= 15 is 0 Å². The Morgan fingerprint density at radius 1 is 1.10 bits per heavy atom. The molecule has 2 N–H and O–H groups in total.